The summed E-state index contributed by atoms with van der Waals surface area (Å²) in [4.78, 5) is 15.4. The molecule has 4 N–H and O–H groups in total. The molecular formula is C14H22N4O2. The Morgan fingerprint density at radius 3 is 2.55 bits per heavy atom. The summed E-state index contributed by atoms with van der Waals surface area (Å²) in [5.74, 6) is 0.0316. The quantitative estimate of drug-likeness (QED) is 0.408. The molecule has 0 saturated heterocycles. The molecule has 6 heteroatoms. The van der Waals surface area contributed by atoms with E-state index in [1.165, 1.54) is 0 Å². The van der Waals surface area contributed by atoms with Crippen LogP contribution in [0, 0.1) is 13.8 Å². The average Bonchev–Trinajstić information content (AvgIpc) is 2.35. The van der Waals surface area contributed by atoms with E-state index >= 15 is 0 Å². The van der Waals surface area contributed by atoms with Gasteiger partial charge in [-0.05, 0) is 37.1 Å². The van der Waals surface area contributed by atoms with Crippen LogP contribution in [0.4, 0.5) is 5.69 Å². The van der Waals surface area contributed by atoms with Crippen molar-refractivity contribution in [1.29, 1.82) is 0 Å². The molecule has 0 unspecified atom stereocenters. The first kappa shape index (κ1) is 16.0. The number of nitrogens with two attached hydrogens (primary N) is 1. The van der Waals surface area contributed by atoms with Crippen LogP contribution in [0.3, 0.4) is 0 Å². The third-order valence-electron chi connectivity index (χ3n) is 2.52. The van der Waals surface area contributed by atoms with Gasteiger partial charge in [0.1, 0.15) is 6.54 Å². The fourth-order valence-corrected chi connectivity index (χ4v) is 1.74. The molecule has 1 aromatic rings. The van der Waals surface area contributed by atoms with Crippen LogP contribution in [0.25, 0.3) is 0 Å². The van der Waals surface area contributed by atoms with E-state index in [1.54, 1.807) is 7.11 Å². The molecule has 0 aliphatic rings. The number of carbonyl (C=O) groups excluding carboxylic acids is 1. The van der Waals surface area contributed by atoms with Crippen molar-refractivity contribution in [2.45, 2.75) is 13.8 Å². The average molecular weight is 278 g/mol. The highest BCUT2D eigenvalue weighted by Gasteiger charge is 2.01. The van der Waals surface area contributed by atoms with Gasteiger partial charge < -0.3 is 21.1 Å². The predicted octanol–water partition coefficient (Wildman–Crippen LogP) is 0.793. The molecule has 1 aromatic carbocycles. The minimum absolute atomic E-state index is 0.00660. The lowest BCUT2D eigenvalue weighted by Gasteiger charge is -2.08. The minimum Gasteiger partial charge on any atom is -0.383 e. The van der Waals surface area contributed by atoms with Gasteiger partial charge in [0, 0.05) is 19.3 Å². The van der Waals surface area contributed by atoms with Crippen molar-refractivity contribution in [3.8, 4) is 0 Å². The molecule has 0 fully saturated rings. The van der Waals surface area contributed by atoms with Crippen molar-refractivity contribution in [3.05, 3.63) is 29.3 Å². The molecule has 20 heavy (non-hydrogen) atoms. The fraction of sp³-hybridized carbons (Fsp3) is 0.429. The molecule has 0 aliphatic heterocycles. The summed E-state index contributed by atoms with van der Waals surface area (Å²) in [5.41, 5.74) is 8.88. The summed E-state index contributed by atoms with van der Waals surface area (Å²) in [6.45, 7) is 4.96. The van der Waals surface area contributed by atoms with Crippen LogP contribution in [0.2, 0.25) is 0 Å². The zero-order chi connectivity index (χ0) is 15.0. The molecule has 0 heterocycles. The lowest BCUT2D eigenvalue weighted by Crippen LogP contribution is -2.31. The molecule has 0 saturated carbocycles. The molecule has 1 amide bonds. The molecule has 0 radical (unpaired) electrons. The van der Waals surface area contributed by atoms with Crippen molar-refractivity contribution in [2.24, 2.45) is 10.7 Å². The van der Waals surface area contributed by atoms with Crippen LogP contribution in [0.1, 0.15) is 11.1 Å². The van der Waals surface area contributed by atoms with Gasteiger partial charge >= 0.3 is 0 Å². The molecule has 6 nitrogen and oxygen atoms in total. The van der Waals surface area contributed by atoms with Crippen molar-refractivity contribution < 1.29 is 9.53 Å². The maximum Gasteiger partial charge on any atom is 0.241 e. The summed E-state index contributed by atoms with van der Waals surface area (Å²) in [6.07, 6.45) is 0. The summed E-state index contributed by atoms with van der Waals surface area (Å²) < 4.78 is 4.83. The van der Waals surface area contributed by atoms with Crippen molar-refractivity contribution >= 4 is 17.6 Å². The number of benzene rings is 1. The standard InChI is InChI=1S/C14H22N4O2/c1-10-6-11(2)8-12(7-10)18-14(15)17-9-13(19)16-4-5-20-3/h6-8H,4-5,9H2,1-3H3,(H,16,19)(H3,15,17,18). The number of nitrogens with zero attached hydrogens (tertiary/aromatic N) is 1. The Bertz CT molecular complexity index is 466. The number of ether oxygens (including phenoxy) is 1. The summed E-state index contributed by atoms with van der Waals surface area (Å²) in [7, 11) is 1.58. The first-order chi connectivity index (χ1) is 9.51. The zero-order valence-electron chi connectivity index (χ0n) is 12.2. The van der Waals surface area contributed by atoms with Gasteiger partial charge in [-0.3, -0.25) is 4.79 Å². The second-order valence-electron chi connectivity index (χ2n) is 4.55. The minimum atomic E-state index is -0.188. The smallest absolute Gasteiger partial charge is 0.241 e. The van der Waals surface area contributed by atoms with E-state index in [0.717, 1.165) is 16.8 Å². The second-order valence-corrected chi connectivity index (χ2v) is 4.55. The number of rotatable bonds is 6. The number of methoxy groups -OCH3 is 1. The Kier molecular flexibility index (Phi) is 6.52. The third-order valence-corrected chi connectivity index (χ3v) is 2.52. The number of hydrogen-bond acceptors (Lipinski definition) is 3. The lowest BCUT2D eigenvalue weighted by molar-refractivity contribution is -0.119. The van der Waals surface area contributed by atoms with Crippen LogP contribution in [-0.2, 0) is 9.53 Å². The highest BCUT2D eigenvalue weighted by Crippen LogP contribution is 2.13. The van der Waals surface area contributed by atoms with Gasteiger partial charge in [0.2, 0.25) is 5.91 Å². The summed E-state index contributed by atoms with van der Waals surface area (Å²) >= 11 is 0. The molecule has 0 bridgehead atoms. The summed E-state index contributed by atoms with van der Waals surface area (Å²) in [5, 5.41) is 5.64. The number of hydrogen-bond donors (Lipinski definition) is 3. The Morgan fingerprint density at radius 1 is 1.30 bits per heavy atom. The third kappa shape index (κ3) is 6.19. The van der Waals surface area contributed by atoms with E-state index in [1.807, 2.05) is 26.0 Å². The highest BCUT2D eigenvalue weighted by atomic mass is 16.5. The van der Waals surface area contributed by atoms with E-state index in [2.05, 4.69) is 21.7 Å². The molecule has 0 aliphatic carbocycles. The molecule has 0 aromatic heterocycles. The largest absolute Gasteiger partial charge is 0.383 e. The molecule has 0 spiro atoms. The van der Waals surface area contributed by atoms with Crippen LogP contribution in [0.5, 0.6) is 0 Å². The molecular weight excluding hydrogens is 256 g/mol. The van der Waals surface area contributed by atoms with Crippen LogP contribution < -0.4 is 16.4 Å². The van der Waals surface area contributed by atoms with E-state index < -0.39 is 0 Å². The maximum absolute atomic E-state index is 11.4. The van der Waals surface area contributed by atoms with Crippen molar-refractivity contribution in [3.63, 3.8) is 0 Å². The van der Waals surface area contributed by atoms with Gasteiger partial charge in [-0.2, -0.15) is 0 Å². The van der Waals surface area contributed by atoms with Crippen LogP contribution in [0.15, 0.2) is 23.2 Å². The van der Waals surface area contributed by atoms with E-state index in [9.17, 15) is 4.79 Å². The monoisotopic (exact) mass is 278 g/mol. The number of aliphatic imine (C=N–C) groups is 1. The Labute approximate surface area is 119 Å². The van der Waals surface area contributed by atoms with Crippen LogP contribution >= 0.6 is 0 Å². The van der Waals surface area contributed by atoms with Crippen molar-refractivity contribution in [2.75, 3.05) is 32.1 Å². The van der Waals surface area contributed by atoms with Gasteiger partial charge in [-0.1, -0.05) is 6.07 Å². The maximum atomic E-state index is 11.4. The normalized spacial score (nSPS) is 11.2. The summed E-state index contributed by atoms with van der Waals surface area (Å²) in [6, 6.07) is 6.00. The molecule has 0 atom stereocenters. The van der Waals surface area contributed by atoms with Gasteiger partial charge in [0.05, 0.1) is 6.61 Å². The highest BCUT2D eigenvalue weighted by molar-refractivity contribution is 5.94. The Balaban J connectivity index is 2.47. The first-order valence-electron chi connectivity index (χ1n) is 6.42. The fourth-order valence-electron chi connectivity index (χ4n) is 1.74. The van der Waals surface area contributed by atoms with E-state index in [0.29, 0.717) is 13.2 Å². The predicted molar refractivity (Wildman–Crippen MR) is 80.9 cm³/mol. The number of amides is 1. The number of guanidine groups is 1. The van der Waals surface area contributed by atoms with Crippen molar-refractivity contribution in [1.82, 2.24) is 5.32 Å². The van der Waals surface area contributed by atoms with E-state index in [-0.39, 0.29) is 18.4 Å². The Hall–Kier alpha value is -2.08. The number of carbonyl (C=O) groups is 1. The molecule has 110 valence electrons. The van der Waals surface area contributed by atoms with Crippen LogP contribution in [-0.4, -0.2) is 38.7 Å². The Morgan fingerprint density at radius 2 is 1.95 bits per heavy atom. The SMILES string of the molecule is COCCNC(=O)CN=C(N)Nc1cc(C)cc(C)c1. The van der Waals surface area contributed by atoms with E-state index in [4.69, 9.17) is 10.5 Å². The van der Waals surface area contributed by atoms with Gasteiger partial charge in [0.25, 0.3) is 0 Å². The first-order valence-corrected chi connectivity index (χ1v) is 6.42. The van der Waals surface area contributed by atoms with Gasteiger partial charge in [-0.15, -0.1) is 0 Å². The zero-order valence-corrected chi connectivity index (χ0v) is 12.2. The van der Waals surface area contributed by atoms with Gasteiger partial charge in [-0.25, -0.2) is 4.99 Å². The number of aryl methyl sites for hydroxylation is 2. The number of anilines is 1. The lowest BCUT2D eigenvalue weighted by atomic mass is 10.1. The number of nitrogens with one attached hydrogen (secondary N) is 2. The topological polar surface area (TPSA) is 88.7 Å². The second kappa shape index (κ2) is 8.16. The van der Waals surface area contributed by atoms with Gasteiger partial charge in [0.15, 0.2) is 5.96 Å². The molecule has 1 rings (SSSR count).